The number of hydrogen-bond donors (Lipinski definition) is 0. The van der Waals surface area contributed by atoms with Crippen LogP contribution in [-0.4, -0.2) is 0 Å². The molecule has 0 fully saturated rings. The van der Waals surface area contributed by atoms with Gasteiger partial charge in [0.2, 0.25) is 0 Å². The molecule has 0 aliphatic carbocycles. The summed E-state index contributed by atoms with van der Waals surface area (Å²) in [5.74, 6) is 0. The van der Waals surface area contributed by atoms with Gasteiger partial charge in [-0.3, -0.25) is 0 Å². The van der Waals surface area contributed by atoms with E-state index < -0.39 is 0 Å². The molecule has 9 heteroatoms. The van der Waals surface area contributed by atoms with Crippen molar-refractivity contribution < 1.29 is 126 Å². The Morgan fingerprint density at radius 2 is 0.333 bits per heavy atom. The zero-order valence-corrected chi connectivity index (χ0v) is 11.6. The van der Waals surface area contributed by atoms with Gasteiger partial charge in [0.05, 0.1) is 0 Å². The van der Waals surface area contributed by atoms with Crippen molar-refractivity contribution in [3.63, 3.8) is 0 Å². The summed E-state index contributed by atoms with van der Waals surface area (Å²) >= 11 is 0. The van der Waals surface area contributed by atoms with Gasteiger partial charge in [0.25, 0.3) is 0 Å². The molecule has 0 aromatic rings. The fourth-order valence-electron chi connectivity index (χ4n) is 0. The van der Waals surface area contributed by atoms with Gasteiger partial charge in [0.15, 0.2) is 0 Å². The molecule has 0 aromatic heterocycles. The van der Waals surface area contributed by atoms with Crippen LogP contribution in [0.2, 0.25) is 0 Å². The molecule has 5 nitrogen and oxygen atoms in total. The molecule has 0 atom stereocenters. The molecule has 9 heavy (non-hydrogen) atoms. The van der Waals surface area contributed by atoms with Crippen molar-refractivity contribution in [1.82, 2.24) is 0 Å². The number of rotatable bonds is 0. The van der Waals surface area contributed by atoms with E-state index in [-0.39, 0.29) is 126 Å². The summed E-state index contributed by atoms with van der Waals surface area (Å²) in [5, 5.41) is 0. The maximum absolute atomic E-state index is 0. The first kappa shape index (κ1) is 160. The van der Waals surface area contributed by atoms with E-state index in [4.69, 9.17) is 0 Å². The van der Waals surface area contributed by atoms with Crippen molar-refractivity contribution in [2.75, 3.05) is 0 Å². The van der Waals surface area contributed by atoms with Crippen molar-refractivity contribution in [3.05, 3.63) is 0 Å². The predicted molar refractivity (Wildman–Crippen MR) is 3.43 cm³/mol. The van der Waals surface area contributed by atoms with Crippen molar-refractivity contribution >= 4 is 0 Å². The van der Waals surface area contributed by atoms with E-state index in [1.807, 2.05) is 0 Å². The van der Waals surface area contributed by atoms with Gasteiger partial charge in [-0.2, -0.15) is 0 Å². The minimum absolute atomic E-state index is 0. The average Bonchev–Trinajstić information content (AvgIpc) is 0. The average molecular weight is 376 g/mol. The van der Waals surface area contributed by atoms with E-state index in [2.05, 4.69) is 0 Å². The molecule has 0 aromatic carbocycles. The second-order valence-corrected chi connectivity index (χ2v) is 0. The summed E-state index contributed by atoms with van der Waals surface area (Å²) in [6.07, 6.45) is 0. The van der Waals surface area contributed by atoms with Gasteiger partial charge >= 0.3 is 99.0 Å². The summed E-state index contributed by atoms with van der Waals surface area (Å²) in [4.78, 5) is 0. The number of hydrogen-bond acceptors (Lipinski definition) is 0. The Balaban J connectivity index is 0. The maximum Gasteiger partial charge on any atom is 3.00 e. The third-order valence-electron chi connectivity index (χ3n) is 0. The van der Waals surface area contributed by atoms with Crippen LogP contribution < -0.4 is 0 Å². The molecule has 0 N–H and O–H groups in total. The molecule has 0 bridgehead atoms. The Bertz CT molecular complexity index is 12.9. The van der Waals surface area contributed by atoms with E-state index in [1.54, 1.807) is 0 Å². The van der Waals surface area contributed by atoms with E-state index in [0.29, 0.717) is 0 Å². The summed E-state index contributed by atoms with van der Waals surface area (Å²) in [5.41, 5.74) is 0. The third kappa shape index (κ3) is 98.3. The quantitative estimate of drug-likeness (QED) is 0.532. The Labute approximate surface area is 124 Å². The summed E-state index contributed by atoms with van der Waals surface area (Å²) < 4.78 is 0. The normalized spacial score (nSPS) is 0. The summed E-state index contributed by atoms with van der Waals surface area (Å²) in [6.45, 7) is 0. The van der Waals surface area contributed by atoms with Gasteiger partial charge in [-0.25, -0.2) is 0 Å². The Morgan fingerprint density at radius 3 is 0.333 bits per heavy atom. The van der Waals surface area contributed by atoms with E-state index in [1.165, 1.54) is 0 Å². The molecule has 54 valence electrons. The summed E-state index contributed by atoms with van der Waals surface area (Å²) in [7, 11) is 0. The zero-order chi connectivity index (χ0) is 0. The first-order valence-electron chi connectivity index (χ1n) is 0. The van der Waals surface area contributed by atoms with Gasteiger partial charge in [-0.05, 0) is 0 Å². The predicted octanol–water partition coefficient (Wildman–Crippen LogP) is -0.604. The molecule has 0 unspecified atom stereocenters. The van der Waals surface area contributed by atoms with Gasteiger partial charge < -0.3 is 27.4 Å². The second-order valence-electron chi connectivity index (χ2n) is 0. The molecular weight excluding hydrogens is 376 g/mol. The fourth-order valence-corrected chi connectivity index (χ4v) is 0. The molecule has 0 aliphatic heterocycles. The van der Waals surface area contributed by atoms with Crippen molar-refractivity contribution in [1.29, 1.82) is 0 Å². The Kier molecular flexibility index (Phi) is 2160. The van der Waals surface area contributed by atoms with Crippen LogP contribution in [0.5, 0.6) is 0 Å². The molecule has 0 amide bonds. The van der Waals surface area contributed by atoms with Crippen LogP contribution in [-0.2, 0) is 126 Å². The minimum Gasteiger partial charge on any atom is -2.00 e. The van der Waals surface area contributed by atoms with Crippen LogP contribution in [0, 0.1) is 0 Å². The van der Waals surface area contributed by atoms with Gasteiger partial charge in [0, 0.05) is 0 Å². The second kappa shape index (κ2) is 121. The molecule has 0 heterocycles. The van der Waals surface area contributed by atoms with Crippen LogP contribution >= 0.6 is 0 Å². The molecule has 0 saturated heterocycles. The first-order chi connectivity index (χ1) is 0. The van der Waals surface area contributed by atoms with Crippen molar-refractivity contribution in [3.8, 4) is 0 Å². The van der Waals surface area contributed by atoms with Gasteiger partial charge in [-0.1, -0.05) is 0 Å². The topological polar surface area (TPSA) is 142 Å². The monoisotopic (exact) mass is 376 g/mol. The largest absolute Gasteiger partial charge is 3.00 e. The zero-order valence-electron chi connectivity index (χ0n) is 3.86. The van der Waals surface area contributed by atoms with E-state index >= 15 is 0 Å². The van der Waals surface area contributed by atoms with Crippen LogP contribution in [0.3, 0.4) is 0 Å². The Hall–Kier alpha value is 3.02. The maximum atomic E-state index is 0. The van der Waals surface area contributed by atoms with Gasteiger partial charge in [0.1, 0.15) is 0 Å². The summed E-state index contributed by atoms with van der Waals surface area (Å²) in [6, 6.07) is 0. The molecule has 0 rings (SSSR count). The van der Waals surface area contributed by atoms with Crippen LogP contribution in [0.4, 0.5) is 0 Å². The first-order valence-corrected chi connectivity index (χ1v) is 0. The Morgan fingerprint density at radius 1 is 0.333 bits per heavy atom. The van der Waals surface area contributed by atoms with Crippen molar-refractivity contribution in [2.45, 2.75) is 0 Å². The molecular formula is Co2O5Y2. The van der Waals surface area contributed by atoms with Crippen LogP contribution in [0.25, 0.3) is 0 Å². The van der Waals surface area contributed by atoms with E-state index in [9.17, 15) is 0 Å². The van der Waals surface area contributed by atoms with Gasteiger partial charge in [-0.15, -0.1) is 0 Å². The SMILES string of the molecule is [Co+2].[Co+2].[O-2].[O-2].[O-2].[O-2].[O-2].[Y+3].[Y+3]. The molecule has 0 saturated carbocycles. The van der Waals surface area contributed by atoms with E-state index in [0.717, 1.165) is 0 Å². The standard InChI is InChI=1S/2Co.5O.2Y/q2*+2;5*-2;2*+3. The smallest absolute Gasteiger partial charge is 2.00 e. The van der Waals surface area contributed by atoms with Crippen LogP contribution in [0.1, 0.15) is 0 Å². The molecule has 0 spiro atoms. The van der Waals surface area contributed by atoms with Crippen molar-refractivity contribution in [2.24, 2.45) is 0 Å². The third-order valence-corrected chi connectivity index (χ3v) is 0. The van der Waals surface area contributed by atoms with Crippen LogP contribution in [0.15, 0.2) is 0 Å². The molecule has 0 aliphatic rings. The molecule has 2 radical (unpaired) electrons. The minimum atomic E-state index is 0. The fraction of sp³-hybridized carbons (Fsp3) is 0.